The fraction of sp³-hybridized carbons (Fsp3) is 0.200. The van der Waals surface area contributed by atoms with Gasteiger partial charge in [-0.25, -0.2) is 9.07 Å². The van der Waals surface area contributed by atoms with E-state index in [1.54, 1.807) is 31.2 Å². The van der Waals surface area contributed by atoms with Crippen molar-refractivity contribution in [2.45, 2.75) is 13.8 Å². The molecule has 0 spiro atoms. The predicted octanol–water partition coefficient (Wildman–Crippen LogP) is 4.63. The number of methoxy groups -OCH3 is 1. The van der Waals surface area contributed by atoms with E-state index in [0.29, 0.717) is 40.9 Å². The fourth-order valence-electron chi connectivity index (χ4n) is 2.69. The molecule has 1 aromatic heterocycles. The van der Waals surface area contributed by atoms with Crippen LogP contribution in [-0.2, 0) is 0 Å². The third-order valence-corrected chi connectivity index (χ3v) is 4.21. The van der Waals surface area contributed by atoms with Crippen molar-refractivity contribution < 1.29 is 18.7 Å². The molecule has 0 aliphatic carbocycles. The SMILES string of the molecule is CCOc1c(Cl)cc(C(=O)Nc2cc(C)nn2-c2ccc(F)cc2)cc1OC. The van der Waals surface area contributed by atoms with Crippen LogP contribution >= 0.6 is 11.6 Å². The van der Waals surface area contributed by atoms with Crippen molar-refractivity contribution in [1.29, 1.82) is 0 Å². The van der Waals surface area contributed by atoms with Crippen molar-refractivity contribution in [1.82, 2.24) is 9.78 Å². The zero-order chi connectivity index (χ0) is 20.3. The molecule has 0 radical (unpaired) electrons. The van der Waals surface area contributed by atoms with Gasteiger partial charge in [0.25, 0.3) is 5.91 Å². The molecule has 0 saturated heterocycles. The molecule has 0 unspecified atom stereocenters. The lowest BCUT2D eigenvalue weighted by Gasteiger charge is -2.13. The first-order valence-corrected chi connectivity index (χ1v) is 8.95. The van der Waals surface area contributed by atoms with Crippen LogP contribution in [0, 0.1) is 12.7 Å². The van der Waals surface area contributed by atoms with Gasteiger partial charge in [-0.15, -0.1) is 0 Å². The molecule has 146 valence electrons. The summed E-state index contributed by atoms with van der Waals surface area (Å²) in [7, 11) is 1.48. The molecule has 0 saturated carbocycles. The van der Waals surface area contributed by atoms with Crippen LogP contribution in [0.25, 0.3) is 5.69 Å². The van der Waals surface area contributed by atoms with Crippen molar-refractivity contribution in [2.75, 3.05) is 19.0 Å². The second kappa shape index (κ2) is 8.31. The standard InChI is InChI=1S/C20H19ClFN3O3/c1-4-28-19-16(21)10-13(11-17(19)27-3)20(26)23-18-9-12(2)24-25(18)15-7-5-14(22)6-8-15/h5-11H,4H2,1-3H3,(H,23,26). The van der Waals surface area contributed by atoms with Gasteiger partial charge in [-0.05, 0) is 50.2 Å². The van der Waals surface area contributed by atoms with E-state index in [0.717, 1.165) is 0 Å². The van der Waals surface area contributed by atoms with E-state index in [2.05, 4.69) is 10.4 Å². The number of aryl methyl sites for hydroxylation is 1. The molecule has 2 aromatic carbocycles. The molecule has 0 aliphatic heterocycles. The maximum Gasteiger partial charge on any atom is 0.257 e. The number of anilines is 1. The van der Waals surface area contributed by atoms with E-state index < -0.39 is 5.91 Å². The molecule has 0 fully saturated rings. The Bertz CT molecular complexity index is 1000. The lowest BCUT2D eigenvalue weighted by Crippen LogP contribution is -2.15. The number of rotatable bonds is 6. The fourth-order valence-corrected chi connectivity index (χ4v) is 2.96. The second-order valence-corrected chi connectivity index (χ2v) is 6.34. The molecule has 1 amide bonds. The highest BCUT2D eigenvalue weighted by Crippen LogP contribution is 2.36. The van der Waals surface area contributed by atoms with E-state index in [9.17, 15) is 9.18 Å². The highest BCUT2D eigenvalue weighted by Gasteiger charge is 2.18. The summed E-state index contributed by atoms with van der Waals surface area (Å²) >= 11 is 6.25. The lowest BCUT2D eigenvalue weighted by molar-refractivity contribution is 0.102. The predicted molar refractivity (Wildman–Crippen MR) is 105 cm³/mol. The smallest absolute Gasteiger partial charge is 0.257 e. The van der Waals surface area contributed by atoms with Crippen molar-refractivity contribution in [3.05, 3.63) is 64.6 Å². The monoisotopic (exact) mass is 403 g/mol. The summed E-state index contributed by atoms with van der Waals surface area (Å²) in [5.41, 5.74) is 1.61. The minimum atomic E-state index is -0.397. The van der Waals surface area contributed by atoms with Gasteiger partial charge in [0.2, 0.25) is 0 Å². The minimum Gasteiger partial charge on any atom is -0.493 e. The van der Waals surface area contributed by atoms with Gasteiger partial charge >= 0.3 is 0 Å². The molecule has 28 heavy (non-hydrogen) atoms. The van der Waals surface area contributed by atoms with Crippen LogP contribution in [0.4, 0.5) is 10.2 Å². The molecular formula is C20H19ClFN3O3. The number of carbonyl (C=O) groups is 1. The number of ether oxygens (including phenoxy) is 2. The molecule has 3 aromatic rings. The van der Waals surface area contributed by atoms with Crippen LogP contribution < -0.4 is 14.8 Å². The Morgan fingerprint density at radius 3 is 2.61 bits per heavy atom. The first-order chi connectivity index (χ1) is 13.4. The van der Waals surface area contributed by atoms with Gasteiger partial charge in [-0.2, -0.15) is 5.10 Å². The quantitative estimate of drug-likeness (QED) is 0.651. The van der Waals surface area contributed by atoms with Crippen LogP contribution in [0.1, 0.15) is 23.0 Å². The Balaban J connectivity index is 1.92. The Labute approximate surface area is 166 Å². The van der Waals surface area contributed by atoms with E-state index >= 15 is 0 Å². The zero-order valence-corrected chi connectivity index (χ0v) is 16.4. The third-order valence-electron chi connectivity index (χ3n) is 3.92. The first-order valence-electron chi connectivity index (χ1n) is 8.57. The van der Waals surface area contributed by atoms with Gasteiger partial charge in [0.05, 0.1) is 30.1 Å². The number of carbonyl (C=O) groups excluding carboxylic acids is 1. The summed E-state index contributed by atoms with van der Waals surface area (Å²) in [6.45, 7) is 4.04. The number of hydrogen-bond donors (Lipinski definition) is 1. The number of nitrogens with zero attached hydrogens (tertiary/aromatic N) is 2. The zero-order valence-electron chi connectivity index (χ0n) is 15.6. The average molecular weight is 404 g/mol. The van der Waals surface area contributed by atoms with Crippen molar-refractivity contribution in [3.8, 4) is 17.2 Å². The molecule has 0 aliphatic rings. The minimum absolute atomic E-state index is 0.273. The maximum absolute atomic E-state index is 13.2. The Hall–Kier alpha value is -3.06. The molecule has 3 rings (SSSR count). The van der Waals surface area contributed by atoms with E-state index in [1.165, 1.54) is 30.0 Å². The van der Waals surface area contributed by atoms with Crippen molar-refractivity contribution in [2.24, 2.45) is 0 Å². The van der Waals surface area contributed by atoms with E-state index in [4.69, 9.17) is 21.1 Å². The number of nitrogens with one attached hydrogen (secondary N) is 1. The van der Waals surface area contributed by atoms with Crippen LogP contribution in [0.2, 0.25) is 5.02 Å². The van der Waals surface area contributed by atoms with E-state index in [-0.39, 0.29) is 10.8 Å². The van der Waals surface area contributed by atoms with Gasteiger partial charge in [-0.3, -0.25) is 4.79 Å². The summed E-state index contributed by atoms with van der Waals surface area (Å²) in [6.07, 6.45) is 0. The Morgan fingerprint density at radius 2 is 1.96 bits per heavy atom. The van der Waals surface area contributed by atoms with Crippen LogP contribution in [-0.4, -0.2) is 29.4 Å². The van der Waals surface area contributed by atoms with Crippen molar-refractivity contribution in [3.63, 3.8) is 0 Å². The van der Waals surface area contributed by atoms with Gasteiger partial charge < -0.3 is 14.8 Å². The molecule has 0 bridgehead atoms. The molecule has 6 nitrogen and oxygen atoms in total. The maximum atomic E-state index is 13.2. The summed E-state index contributed by atoms with van der Waals surface area (Å²) in [6, 6.07) is 10.6. The average Bonchev–Trinajstić information content (AvgIpc) is 3.03. The Morgan fingerprint density at radius 1 is 1.25 bits per heavy atom. The highest BCUT2D eigenvalue weighted by molar-refractivity contribution is 6.32. The topological polar surface area (TPSA) is 65.4 Å². The largest absolute Gasteiger partial charge is 0.493 e. The highest BCUT2D eigenvalue weighted by atomic mass is 35.5. The van der Waals surface area contributed by atoms with Gasteiger partial charge in [-0.1, -0.05) is 11.6 Å². The number of aromatic nitrogens is 2. The first kappa shape index (κ1) is 19.7. The van der Waals surface area contributed by atoms with E-state index in [1.807, 2.05) is 6.92 Å². The number of benzene rings is 2. The van der Waals surface area contributed by atoms with Gasteiger partial charge in [0.15, 0.2) is 11.5 Å². The van der Waals surface area contributed by atoms with Gasteiger partial charge in [0, 0.05) is 11.6 Å². The summed E-state index contributed by atoms with van der Waals surface area (Å²) in [5, 5.41) is 7.43. The summed E-state index contributed by atoms with van der Waals surface area (Å²) < 4.78 is 25.5. The number of halogens is 2. The van der Waals surface area contributed by atoms with Crippen molar-refractivity contribution >= 4 is 23.3 Å². The number of hydrogen-bond acceptors (Lipinski definition) is 4. The second-order valence-electron chi connectivity index (χ2n) is 5.94. The summed E-state index contributed by atoms with van der Waals surface area (Å²) in [4.78, 5) is 12.8. The van der Waals surface area contributed by atoms with Crippen LogP contribution in [0.5, 0.6) is 11.5 Å². The normalized spacial score (nSPS) is 10.6. The van der Waals surface area contributed by atoms with Crippen LogP contribution in [0.15, 0.2) is 42.5 Å². The summed E-state index contributed by atoms with van der Waals surface area (Å²) in [5.74, 6) is 0.442. The van der Waals surface area contributed by atoms with Crippen LogP contribution in [0.3, 0.4) is 0 Å². The Kier molecular flexibility index (Phi) is 5.84. The lowest BCUT2D eigenvalue weighted by atomic mass is 10.2. The molecule has 1 N–H and O–H groups in total. The van der Waals surface area contributed by atoms with Gasteiger partial charge in [0.1, 0.15) is 11.6 Å². The molecule has 0 atom stereocenters. The molecular weight excluding hydrogens is 385 g/mol. The molecule has 1 heterocycles. The molecule has 8 heteroatoms. The number of amides is 1. The third kappa shape index (κ3) is 4.09.